The number of hydrogen-bond donors (Lipinski definition) is 4. The maximum absolute atomic E-state index is 12.2. The normalized spacial score (nSPS) is 10.6. The molecule has 0 saturated heterocycles. The molecule has 52 heavy (non-hydrogen) atoms. The number of benzene rings is 5. The van der Waals surface area contributed by atoms with Gasteiger partial charge in [0, 0.05) is 69.8 Å². The Bertz CT molecular complexity index is 2090. The van der Waals surface area contributed by atoms with E-state index in [9.17, 15) is 29.7 Å². The number of aliphatic carboxylic acids is 2. The predicted octanol–water partition coefficient (Wildman–Crippen LogP) is 7.53. The third-order valence-corrected chi connectivity index (χ3v) is 7.42. The van der Waals surface area contributed by atoms with Crippen molar-refractivity contribution in [1.29, 1.82) is 10.5 Å². The van der Waals surface area contributed by atoms with Crippen LogP contribution in [0.4, 0.5) is 45.5 Å². The number of anilines is 8. The van der Waals surface area contributed by atoms with Crippen molar-refractivity contribution in [3.63, 3.8) is 0 Å². The summed E-state index contributed by atoms with van der Waals surface area (Å²) >= 11 is 0. The SMILES string of the molecule is N#Cc1ccc(N(c2ccc(C#N)cc2)c2ccc(N(c3ccc(NC(=O)/C=C\C(=O)O)cc3)c3ccc(NC(=O)/C=C\C(=O)O)cc3)cc2)cc1. The number of nitrogens with one attached hydrogen (secondary N) is 2. The van der Waals surface area contributed by atoms with Crippen molar-refractivity contribution in [2.24, 2.45) is 0 Å². The molecule has 0 spiro atoms. The maximum atomic E-state index is 12.2. The van der Waals surface area contributed by atoms with Crippen LogP contribution in [0.25, 0.3) is 0 Å². The van der Waals surface area contributed by atoms with Gasteiger partial charge in [0.1, 0.15) is 0 Å². The van der Waals surface area contributed by atoms with E-state index in [0.29, 0.717) is 33.9 Å². The lowest BCUT2D eigenvalue weighted by atomic mass is 10.1. The molecule has 0 aliphatic carbocycles. The molecule has 254 valence electrons. The predicted molar refractivity (Wildman–Crippen MR) is 196 cm³/mol. The summed E-state index contributed by atoms with van der Waals surface area (Å²) < 4.78 is 0. The Morgan fingerprint density at radius 3 is 0.942 bits per heavy atom. The van der Waals surface area contributed by atoms with Crippen LogP contribution >= 0.6 is 0 Å². The summed E-state index contributed by atoms with van der Waals surface area (Å²) in [6.45, 7) is 0. The summed E-state index contributed by atoms with van der Waals surface area (Å²) in [5.41, 5.74) is 6.41. The van der Waals surface area contributed by atoms with E-state index in [2.05, 4.69) is 22.8 Å². The molecule has 2 amide bonds. The smallest absolute Gasteiger partial charge is 0.328 e. The number of carboxylic acids is 2. The van der Waals surface area contributed by atoms with Gasteiger partial charge >= 0.3 is 11.9 Å². The molecule has 0 bridgehead atoms. The monoisotopic (exact) mass is 688 g/mol. The van der Waals surface area contributed by atoms with Gasteiger partial charge in [-0.25, -0.2) is 9.59 Å². The molecule has 4 N–H and O–H groups in total. The number of nitrogens with zero attached hydrogens (tertiary/aromatic N) is 4. The van der Waals surface area contributed by atoms with Crippen molar-refractivity contribution < 1.29 is 29.4 Å². The average molecular weight is 689 g/mol. The third-order valence-electron chi connectivity index (χ3n) is 7.42. The van der Waals surface area contributed by atoms with E-state index in [4.69, 9.17) is 10.2 Å². The van der Waals surface area contributed by atoms with Crippen LogP contribution in [0.3, 0.4) is 0 Å². The Labute approximate surface area is 298 Å². The largest absolute Gasteiger partial charge is 0.478 e. The standard InChI is InChI=1S/C40H28N6O6/c41-25-27-1-9-31(10-2-27)45(32-11-3-28(26-42)4-12-32)35-17-19-36(20-18-35)46(33-13-5-29(6-14-33)43-37(47)21-23-39(49)50)34-15-7-30(8-16-34)44-38(48)22-24-40(51)52/h1-24H,(H,43,47)(H,44,48)(H,49,50)(H,51,52)/b23-21-,24-22-. The number of hydrogen-bond acceptors (Lipinski definition) is 8. The molecule has 0 aliphatic rings. The lowest BCUT2D eigenvalue weighted by Gasteiger charge is -2.28. The second-order valence-corrected chi connectivity index (χ2v) is 10.9. The maximum Gasteiger partial charge on any atom is 0.328 e. The number of carbonyl (C=O) groups is 4. The van der Waals surface area contributed by atoms with Gasteiger partial charge in [0.05, 0.1) is 23.3 Å². The van der Waals surface area contributed by atoms with E-state index in [1.807, 2.05) is 58.3 Å². The van der Waals surface area contributed by atoms with Gasteiger partial charge in [-0.05, 0) is 121 Å². The molecule has 0 heterocycles. The second-order valence-electron chi connectivity index (χ2n) is 10.9. The molecule has 0 aromatic heterocycles. The fourth-order valence-electron chi connectivity index (χ4n) is 5.06. The Hall–Kier alpha value is -7.96. The number of carbonyl (C=O) groups excluding carboxylic acids is 2. The molecule has 5 aromatic rings. The van der Waals surface area contributed by atoms with E-state index in [1.165, 1.54) is 0 Å². The molecule has 5 aromatic carbocycles. The van der Waals surface area contributed by atoms with Crippen molar-refractivity contribution in [3.05, 3.63) is 157 Å². The third kappa shape index (κ3) is 9.14. The van der Waals surface area contributed by atoms with Gasteiger partial charge in [-0.1, -0.05) is 0 Å². The number of rotatable bonds is 12. The van der Waals surface area contributed by atoms with E-state index in [0.717, 1.165) is 47.1 Å². The van der Waals surface area contributed by atoms with E-state index >= 15 is 0 Å². The minimum absolute atomic E-state index is 0.437. The molecule has 5 rings (SSSR count). The first kappa shape index (κ1) is 35.3. The fraction of sp³-hybridized carbons (Fsp3) is 0. The van der Waals surface area contributed by atoms with Gasteiger partial charge in [0.2, 0.25) is 11.8 Å². The van der Waals surface area contributed by atoms with Gasteiger partial charge in [-0.3, -0.25) is 9.59 Å². The van der Waals surface area contributed by atoms with Crippen LogP contribution in [-0.4, -0.2) is 34.0 Å². The molecular formula is C40H28N6O6. The Kier molecular flexibility index (Phi) is 11.2. The Morgan fingerprint density at radius 2 is 0.692 bits per heavy atom. The Balaban J connectivity index is 1.51. The van der Waals surface area contributed by atoms with Crippen LogP contribution in [0, 0.1) is 22.7 Å². The summed E-state index contributed by atoms with van der Waals surface area (Å²) in [4.78, 5) is 49.8. The molecule has 0 unspecified atom stereocenters. The van der Waals surface area contributed by atoms with E-state index < -0.39 is 23.8 Å². The molecule has 12 nitrogen and oxygen atoms in total. The minimum atomic E-state index is -1.24. The van der Waals surface area contributed by atoms with Crippen molar-refractivity contribution >= 4 is 69.3 Å². The van der Waals surface area contributed by atoms with E-state index in [-0.39, 0.29) is 0 Å². The Morgan fingerprint density at radius 1 is 0.442 bits per heavy atom. The van der Waals surface area contributed by atoms with Gasteiger partial charge in [0.15, 0.2) is 0 Å². The first-order valence-corrected chi connectivity index (χ1v) is 15.5. The molecule has 0 saturated carbocycles. The topological polar surface area (TPSA) is 187 Å². The summed E-state index contributed by atoms with van der Waals surface area (Å²) in [6, 6.07) is 40.0. The van der Waals surface area contributed by atoms with Crippen LogP contribution in [0.2, 0.25) is 0 Å². The molecular weight excluding hydrogens is 660 g/mol. The fourth-order valence-corrected chi connectivity index (χ4v) is 5.06. The highest BCUT2D eigenvalue weighted by atomic mass is 16.4. The zero-order valence-corrected chi connectivity index (χ0v) is 27.2. The van der Waals surface area contributed by atoms with Crippen LogP contribution in [0.15, 0.2) is 146 Å². The van der Waals surface area contributed by atoms with Crippen molar-refractivity contribution in [1.82, 2.24) is 0 Å². The molecule has 0 aliphatic heterocycles. The van der Waals surface area contributed by atoms with Gasteiger partial charge in [-0.2, -0.15) is 10.5 Å². The first-order chi connectivity index (χ1) is 25.1. The highest BCUT2D eigenvalue weighted by molar-refractivity contribution is 6.03. The van der Waals surface area contributed by atoms with Gasteiger partial charge in [0.25, 0.3) is 0 Å². The molecule has 12 heteroatoms. The summed E-state index contributed by atoms with van der Waals surface area (Å²) in [6.07, 6.45) is 3.32. The van der Waals surface area contributed by atoms with Gasteiger partial charge in [-0.15, -0.1) is 0 Å². The minimum Gasteiger partial charge on any atom is -0.478 e. The second kappa shape index (κ2) is 16.4. The highest BCUT2D eigenvalue weighted by Gasteiger charge is 2.17. The van der Waals surface area contributed by atoms with Crippen molar-refractivity contribution in [2.45, 2.75) is 0 Å². The van der Waals surface area contributed by atoms with Gasteiger partial charge < -0.3 is 30.6 Å². The van der Waals surface area contributed by atoms with Crippen molar-refractivity contribution in [3.8, 4) is 12.1 Å². The molecule has 0 fully saturated rings. The summed E-state index contributed by atoms with van der Waals surface area (Å²) in [5, 5.41) is 41.5. The van der Waals surface area contributed by atoms with Crippen molar-refractivity contribution in [2.75, 3.05) is 20.4 Å². The average Bonchev–Trinajstić information content (AvgIpc) is 3.16. The lowest BCUT2D eigenvalue weighted by molar-refractivity contribution is -0.132. The lowest BCUT2D eigenvalue weighted by Crippen LogP contribution is -2.13. The number of amides is 2. The summed E-state index contributed by atoms with van der Waals surface area (Å²) in [7, 11) is 0. The quantitative estimate of drug-likeness (QED) is 0.0955. The molecule has 0 atom stereocenters. The zero-order valence-electron chi connectivity index (χ0n) is 27.2. The number of carboxylic acid groups (broad SMARTS) is 2. The van der Waals surface area contributed by atoms with Crippen LogP contribution in [0.5, 0.6) is 0 Å². The summed E-state index contributed by atoms with van der Waals surface area (Å²) in [5.74, 6) is -3.70. The van der Waals surface area contributed by atoms with Crippen LogP contribution in [0.1, 0.15) is 11.1 Å². The first-order valence-electron chi connectivity index (χ1n) is 15.5. The van der Waals surface area contributed by atoms with Crippen LogP contribution in [-0.2, 0) is 19.2 Å². The van der Waals surface area contributed by atoms with Crippen LogP contribution < -0.4 is 20.4 Å². The molecule has 0 radical (unpaired) electrons. The van der Waals surface area contributed by atoms with E-state index in [1.54, 1.807) is 72.8 Å². The zero-order chi connectivity index (χ0) is 37.0. The highest BCUT2D eigenvalue weighted by Crippen LogP contribution is 2.39. The number of nitriles is 2.